The van der Waals surface area contributed by atoms with Gasteiger partial charge in [0.15, 0.2) is 11.5 Å². The molecule has 2 N–H and O–H groups in total. The minimum atomic E-state index is -0.330. The molecule has 2 amide bonds. The maximum absolute atomic E-state index is 12.1. The average Bonchev–Trinajstić information content (AvgIpc) is 3.10. The summed E-state index contributed by atoms with van der Waals surface area (Å²) in [5.74, 6) is 2.02. The van der Waals surface area contributed by atoms with Crippen molar-refractivity contribution in [3.63, 3.8) is 0 Å². The van der Waals surface area contributed by atoms with E-state index < -0.39 is 0 Å². The van der Waals surface area contributed by atoms with E-state index in [2.05, 4.69) is 10.6 Å². The van der Waals surface area contributed by atoms with E-state index in [1.54, 1.807) is 32.4 Å². The van der Waals surface area contributed by atoms with E-state index in [0.717, 1.165) is 11.3 Å². The van der Waals surface area contributed by atoms with Gasteiger partial charge < -0.3 is 29.6 Å². The van der Waals surface area contributed by atoms with E-state index in [1.165, 1.54) is 0 Å². The summed E-state index contributed by atoms with van der Waals surface area (Å²) in [6.07, 6.45) is -0.280. The van der Waals surface area contributed by atoms with E-state index >= 15 is 0 Å². The van der Waals surface area contributed by atoms with E-state index in [-0.39, 0.29) is 18.9 Å². The molecular weight excluding hydrogens is 324 g/mol. The van der Waals surface area contributed by atoms with Gasteiger partial charge in [0.1, 0.15) is 5.75 Å². The van der Waals surface area contributed by atoms with Crippen molar-refractivity contribution in [2.45, 2.75) is 6.10 Å². The van der Waals surface area contributed by atoms with Gasteiger partial charge in [-0.05, 0) is 29.8 Å². The Bertz CT molecular complexity index is 750. The van der Waals surface area contributed by atoms with Crippen LogP contribution in [0.2, 0.25) is 0 Å². The smallest absolute Gasteiger partial charge is 0.319 e. The van der Waals surface area contributed by atoms with Crippen molar-refractivity contribution < 1.29 is 23.7 Å². The lowest BCUT2D eigenvalue weighted by atomic mass is 10.1. The zero-order valence-corrected chi connectivity index (χ0v) is 14.1. The third-order valence-corrected chi connectivity index (χ3v) is 3.83. The second kappa shape index (κ2) is 7.76. The Labute approximate surface area is 145 Å². The fourth-order valence-corrected chi connectivity index (χ4v) is 2.51. The summed E-state index contributed by atoms with van der Waals surface area (Å²) in [6.45, 7) is 0.515. The van der Waals surface area contributed by atoms with Crippen molar-refractivity contribution in [3.05, 3.63) is 48.0 Å². The molecule has 0 spiro atoms. The van der Waals surface area contributed by atoms with Gasteiger partial charge in [-0.1, -0.05) is 12.1 Å². The van der Waals surface area contributed by atoms with Gasteiger partial charge in [0, 0.05) is 25.4 Å². The molecule has 0 aliphatic carbocycles. The van der Waals surface area contributed by atoms with Crippen molar-refractivity contribution in [2.75, 3.05) is 32.9 Å². The summed E-state index contributed by atoms with van der Waals surface area (Å²) in [7, 11) is 3.21. The average molecular weight is 344 g/mol. The summed E-state index contributed by atoms with van der Waals surface area (Å²) in [6, 6.07) is 12.4. The largest absolute Gasteiger partial charge is 0.497 e. The third-order valence-electron chi connectivity index (χ3n) is 3.83. The van der Waals surface area contributed by atoms with Crippen LogP contribution in [-0.2, 0) is 4.74 Å². The van der Waals surface area contributed by atoms with Crippen LogP contribution in [0.5, 0.6) is 17.2 Å². The van der Waals surface area contributed by atoms with Crippen LogP contribution in [0, 0.1) is 0 Å². The monoisotopic (exact) mass is 344 g/mol. The van der Waals surface area contributed by atoms with Crippen molar-refractivity contribution in [2.24, 2.45) is 0 Å². The molecule has 0 saturated carbocycles. The first-order chi connectivity index (χ1) is 12.2. The third kappa shape index (κ3) is 4.13. The first-order valence-electron chi connectivity index (χ1n) is 7.81. The maximum atomic E-state index is 12.1. The van der Waals surface area contributed by atoms with Crippen LogP contribution in [0.1, 0.15) is 11.7 Å². The molecule has 0 saturated heterocycles. The molecule has 3 rings (SSSR count). The van der Waals surface area contributed by atoms with Gasteiger partial charge in [0.05, 0.1) is 13.2 Å². The van der Waals surface area contributed by atoms with Gasteiger partial charge in [0.25, 0.3) is 0 Å². The highest BCUT2D eigenvalue weighted by Crippen LogP contribution is 2.34. The molecule has 0 radical (unpaired) electrons. The predicted octanol–water partition coefficient (Wildman–Crippen LogP) is 2.93. The number of hydrogen-bond acceptors (Lipinski definition) is 5. The molecule has 2 aromatic rings. The van der Waals surface area contributed by atoms with Crippen LogP contribution in [0.25, 0.3) is 0 Å². The van der Waals surface area contributed by atoms with Crippen LogP contribution >= 0.6 is 0 Å². The molecule has 1 unspecified atom stereocenters. The number of rotatable bonds is 6. The number of fused-ring (bicyclic) bond motifs is 1. The normalized spacial score (nSPS) is 13.2. The van der Waals surface area contributed by atoms with Crippen LogP contribution in [0.4, 0.5) is 10.5 Å². The maximum Gasteiger partial charge on any atom is 0.319 e. The van der Waals surface area contributed by atoms with Crippen molar-refractivity contribution in [1.82, 2.24) is 5.32 Å². The molecule has 2 aromatic carbocycles. The second-order valence-electron chi connectivity index (χ2n) is 5.40. The molecular formula is C18H20N2O5. The number of carbonyl (C=O) groups is 1. The van der Waals surface area contributed by atoms with Crippen molar-refractivity contribution in [1.29, 1.82) is 0 Å². The number of anilines is 1. The highest BCUT2D eigenvalue weighted by atomic mass is 16.7. The Kier molecular flexibility index (Phi) is 5.25. The molecule has 1 atom stereocenters. The molecule has 1 aliphatic rings. The first-order valence-corrected chi connectivity index (χ1v) is 7.81. The second-order valence-corrected chi connectivity index (χ2v) is 5.40. The number of methoxy groups -OCH3 is 2. The Morgan fingerprint density at radius 2 is 2.00 bits per heavy atom. The number of ether oxygens (including phenoxy) is 4. The van der Waals surface area contributed by atoms with Crippen molar-refractivity contribution in [3.8, 4) is 17.2 Å². The van der Waals surface area contributed by atoms with Crippen molar-refractivity contribution >= 4 is 11.7 Å². The fraction of sp³-hybridized carbons (Fsp3) is 0.278. The zero-order chi connectivity index (χ0) is 17.6. The SMILES string of the molecule is COc1cccc(C(CNC(=O)Nc2ccc3c(c2)OCO3)OC)c1. The number of benzene rings is 2. The molecule has 7 heteroatoms. The number of amides is 2. The van der Waals surface area contributed by atoms with Gasteiger partial charge in [-0.25, -0.2) is 4.79 Å². The molecule has 25 heavy (non-hydrogen) atoms. The first kappa shape index (κ1) is 16.9. The highest BCUT2D eigenvalue weighted by molar-refractivity contribution is 5.89. The minimum absolute atomic E-state index is 0.195. The van der Waals surface area contributed by atoms with Gasteiger partial charge in [-0.15, -0.1) is 0 Å². The standard InChI is InChI=1S/C18H20N2O5/c1-22-14-5-3-4-12(8-14)17(23-2)10-19-18(21)20-13-6-7-15-16(9-13)25-11-24-15/h3-9,17H,10-11H2,1-2H3,(H2,19,20,21). The van der Waals surface area contributed by atoms with E-state index in [1.807, 2.05) is 24.3 Å². The topological polar surface area (TPSA) is 78.1 Å². The lowest BCUT2D eigenvalue weighted by Gasteiger charge is -2.17. The molecule has 1 heterocycles. The number of urea groups is 1. The Balaban J connectivity index is 1.57. The summed E-state index contributed by atoms with van der Waals surface area (Å²) in [4.78, 5) is 12.1. The molecule has 1 aliphatic heterocycles. The molecule has 0 aromatic heterocycles. The van der Waals surface area contributed by atoms with Gasteiger partial charge in [-0.3, -0.25) is 0 Å². The Morgan fingerprint density at radius 1 is 1.16 bits per heavy atom. The van der Waals surface area contributed by atoms with Crippen LogP contribution in [0.15, 0.2) is 42.5 Å². The number of hydrogen-bond donors (Lipinski definition) is 2. The highest BCUT2D eigenvalue weighted by Gasteiger charge is 2.15. The predicted molar refractivity (Wildman–Crippen MR) is 92.3 cm³/mol. The number of carbonyl (C=O) groups excluding carboxylic acids is 1. The quantitative estimate of drug-likeness (QED) is 0.842. The summed E-state index contributed by atoms with van der Waals surface area (Å²) >= 11 is 0. The molecule has 0 fully saturated rings. The number of nitrogens with one attached hydrogen (secondary N) is 2. The lowest BCUT2D eigenvalue weighted by molar-refractivity contribution is 0.104. The summed E-state index contributed by atoms with van der Waals surface area (Å²) in [5, 5.41) is 5.56. The molecule has 7 nitrogen and oxygen atoms in total. The van der Waals surface area contributed by atoms with Crippen LogP contribution in [0.3, 0.4) is 0 Å². The van der Waals surface area contributed by atoms with Gasteiger partial charge in [-0.2, -0.15) is 0 Å². The fourth-order valence-electron chi connectivity index (χ4n) is 2.51. The van der Waals surface area contributed by atoms with E-state index in [4.69, 9.17) is 18.9 Å². The minimum Gasteiger partial charge on any atom is -0.497 e. The summed E-state index contributed by atoms with van der Waals surface area (Å²) < 4.78 is 21.2. The van der Waals surface area contributed by atoms with E-state index in [9.17, 15) is 4.79 Å². The summed E-state index contributed by atoms with van der Waals surface area (Å²) in [5.41, 5.74) is 1.54. The molecule has 132 valence electrons. The van der Waals surface area contributed by atoms with Crippen LogP contribution in [-0.4, -0.2) is 33.6 Å². The van der Waals surface area contributed by atoms with Crippen LogP contribution < -0.4 is 24.8 Å². The van der Waals surface area contributed by atoms with Gasteiger partial charge >= 0.3 is 6.03 Å². The molecule has 0 bridgehead atoms. The Hall–Kier alpha value is -2.93. The van der Waals surface area contributed by atoms with Gasteiger partial charge in [0.2, 0.25) is 6.79 Å². The van der Waals surface area contributed by atoms with E-state index in [0.29, 0.717) is 23.7 Å². The lowest BCUT2D eigenvalue weighted by Crippen LogP contribution is -2.32. The zero-order valence-electron chi connectivity index (χ0n) is 14.1. The Morgan fingerprint density at radius 3 is 2.80 bits per heavy atom.